The van der Waals surface area contributed by atoms with Crippen molar-refractivity contribution in [1.29, 1.82) is 0 Å². The number of thiol groups is 1. The number of halogens is 1. The molecule has 0 aromatic heterocycles. The Balaban J connectivity index is 0.000000796. The van der Waals surface area contributed by atoms with Crippen LogP contribution in [0.25, 0.3) is 0 Å². The highest BCUT2D eigenvalue weighted by Crippen LogP contribution is 2.13. The van der Waals surface area contributed by atoms with Gasteiger partial charge in [-0.25, -0.2) is 0 Å². The van der Waals surface area contributed by atoms with E-state index >= 15 is 0 Å². The molecule has 3 rings (SSSR count). The second kappa shape index (κ2) is 32.3. The van der Waals surface area contributed by atoms with Crippen LogP contribution in [0.3, 0.4) is 0 Å². The van der Waals surface area contributed by atoms with Crippen molar-refractivity contribution in [2.75, 3.05) is 59.2 Å². The Hall–Kier alpha value is -3.84. The monoisotopic (exact) mass is 869 g/mol. The average molecular weight is 871 g/mol. The first-order valence-corrected chi connectivity index (χ1v) is 20.7. The minimum atomic E-state index is -0.481. The van der Waals surface area contributed by atoms with Gasteiger partial charge in [-0.3, -0.25) is 33.6 Å². The fraction of sp³-hybridized carbons (Fsp3) is 0.342. The van der Waals surface area contributed by atoms with E-state index in [0.29, 0.717) is 24.9 Å². The number of thioether (sulfide) groups is 3. The number of hydrogen-bond donors (Lipinski definition) is 6. The predicted octanol–water partition coefficient (Wildman–Crippen LogP) is 5.20. The van der Waals surface area contributed by atoms with Crippen molar-refractivity contribution in [1.82, 2.24) is 0 Å². The number of nitrogens with one attached hydrogen (secondary N) is 2. The number of amides is 2. The molecule has 0 saturated carbocycles. The first kappa shape index (κ1) is 52.2. The molecule has 3 aromatic carbocycles. The smallest absolute Gasteiger partial charge is 0.316 e. The lowest BCUT2D eigenvalue weighted by Gasteiger charge is -2.07. The van der Waals surface area contributed by atoms with Crippen LogP contribution in [0.5, 0.6) is 0 Å². The maximum atomic E-state index is 11.6. The van der Waals surface area contributed by atoms with Crippen LogP contribution in [0.1, 0.15) is 37.5 Å². The summed E-state index contributed by atoms with van der Waals surface area (Å²) in [7, 11) is 0. The molecule has 0 saturated heterocycles. The zero-order chi connectivity index (χ0) is 42.3. The second-order valence-electron chi connectivity index (χ2n) is 11.0. The molecular formula is C38H48ClN3O10S4. The third-order valence-corrected chi connectivity index (χ3v) is 9.23. The van der Waals surface area contributed by atoms with E-state index in [1.54, 1.807) is 12.1 Å². The number of anilines is 3. The summed E-state index contributed by atoms with van der Waals surface area (Å²) >= 11 is 11.6. The molecule has 0 heterocycles. The highest BCUT2D eigenvalue weighted by Gasteiger charge is 2.07. The van der Waals surface area contributed by atoms with Crippen molar-refractivity contribution in [2.24, 2.45) is 0 Å². The molecule has 56 heavy (non-hydrogen) atoms. The normalized spacial score (nSPS) is 9.77. The largest absolute Gasteiger partial charge is 0.465 e. The number of benzene rings is 3. The van der Waals surface area contributed by atoms with Gasteiger partial charge in [-0.05, 0) is 77.5 Å². The molecule has 0 aliphatic rings. The molecule has 3 aromatic rings. The summed E-state index contributed by atoms with van der Waals surface area (Å²) < 4.78 is 5.03. The molecular weight excluding hydrogens is 822 g/mol. The van der Waals surface area contributed by atoms with Crippen LogP contribution in [-0.4, -0.2) is 91.4 Å². The topological polar surface area (TPSA) is 219 Å². The lowest BCUT2D eigenvalue weighted by molar-refractivity contribution is -0.140. The first-order chi connectivity index (χ1) is 26.6. The summed E-state index contributed by atoms with van der Waals surface area (Å²) in [5.74, 6) is -0.399. The lowest BCUT2D eigenvalue weighted by Crippen LogP contribution is -2.15. The Morgan fingerprint density at radius 2 is 1.02 bits per heavy atom. The minimum absolute atomic E-state index is 0.0264. The summed E-state index contributed by atoms with van der Waals surface area (Å²) in [4.78, 5) is 75.5. The van der Waals surface area contributed by atoms with Crippen LogP contribution in [0.4, 0.5) is 17.1 Å². The van der Waals surface area contributed by atoms with Gasteiger partial charge in [0.15, 0.2) is 15.3 Å². The van der Waals surface area contributed by atoms with Gasteiger partial charge in [0.1, 0.15) is 0 Å². The minimum Gasteiger partial charge on any atom is -0.465 e. The van der Waals surface area contributed by atoms with Gasteiger partial charge in [-0.15, -0.1) is 0 Å². The number of nitrogen functional groups attached to an aromatic ring is 1. The van der Waals surface area contributed by atoms with E-state index in [9.17, 15) is 33.6 Å². The van der Waals surface area contributed by atoms with Gasteiger partial charge >= 0.3 is 5.97 Å². The summed E-state index contributed by atoms with van der Waals surface area (Å²) in [5, 5.41) is 21.8. The number of carbonyl (C=O) groups is 7. The van der Waals surface area contributed by atoms with Gasteiger partial charge < -0.3 is 31.3 Å². The van der Waals surface area contributed by atoms with Crippen LogP contribution in [-0.2, 0) is 57.6 Å². The van der Waals surface area contributed by atoms with Gasteiger partial charge in [0.2, 0.25) is 17.1 Å². The van der Waals surface area contributed by atoms with E-state index in [0.717, 1.165) is 63.4 Å². The fourth-order valence-electron chi connectivity index (χ4n) is 3.66. The van der Waals surface area contributed by atoms with Crippen molar-refractivity contribution in [2.45, 2.75) is 40.0 Å². The predicted molar refractivity (Wildman–Crippen MR) is 231 cm³/mol. The fourth-order valence-corrected chi connectivity index (χ4v) is 5.03. The van der Waals surface area contributed by atoms with Crippen LogP contribution < -0.4 is 16.4 Å². The molecule has 13 nitrogen and oxygen atoms in total. The Bertz CT molecular complexity index is 1650. The van der Waals surface area contributed by atoms with Crippen LogP contribution in [0, 0.1) is 0 Å². The lowest BCUT2D eigenvalue weighted by atomic mass is 10.1. The van der Waals surface area contributed by atoms with Crippen LogP contribution >= 0.6 is 59.5 Å². The van der Waals surface area contributed by atoms with Crippen LogP contribution in [0.15, 0.2) is 72.8 Å². The molecule has 2 amide bonds. The number of aliphatic hydroxyl groups excluding tert-OH is 2. The van der Waals surface area contributed by atoms with Crippen molar-refractivity contribution < 1.29 is 48.5 Å². The second-order valence-corrected chi connectivity index (χ2v) is 15.2. The zero-order valence-corrected chi connectivity index (χ0v) is 35.4. The summed E-state index contributed by atoms with van der Waals surface area (Å²) in [6.45, 7) is 4.78. The Kier molecular flexibility index (Phi) is 30.1. The summed E-state index contributed by atoms with van der Waals surface area (Å²) in [6, 6.07) is 22.1. The average Bonchev–Trinajstić information content (AvgIpc) is 3.15. The number of hydrogen-bond acceptors (Lipinski definition) is 15. The third-order valence-electron chi connectivity index (χ3n) is 6.24. The molecule has 0 atom stereocenters. The molecule has 0 unspecified atom stereocenters. The zero-order valence-electron chi connectivity index (χ0n) is 31.3. The maximum absolute atomic E-state index is 11.6. The van der Waals surface area contributed by atoms with Crippen LogP contribution in [0.2, 0.25) is 0 Å². The molecule has 6 N–H and O–H groups in total. The SMILES string of the molecule is CC(=O)SCC(=O)Cl.CC(=O)SCC(=O)Nc1ccc(CCOC(=O)CSC(C)=O)cc1.Nc1ccc(CCO)cc1.O=C(CS)Nc1ccc(CCO)cc1. The maximum Gasteiger partial charge on any atom is 0.316 e. The van der Waals surface area contributed by atoms with Gasteiger partial charge in [-0.1, -0.05) is 71.7 Å². The van der Waals surface area contributed by atoms with Crippen molar-refractivity contribution in [3.8, 4) is 0 Å². The van der Waals surface area contributed by atoms with E-state index in [2.05, 4.69) is 23.3 Å². The van der Waals surface area contributed by atoms with E-state index in [-0.39, 0.29) is 70.0 Å². The standard InChI is InChI=1S/C16H19NO5S2.C10H13NO2S.C8H11NO.C4H5ClO2S/c1-11(18)23-9-15(20)17-14-5-3-13(4-6-14)7-8-22-16(21)10-24-12(2)19;12-6-5-8-1-3-9(4-2-8)11-10(13)7-14;9-8-3-1-7(2-4-8)5-6-10;1-3(6)8-2-4(5)7/h3-6H,7-10H2,1-2H3,(H,17,20);1-4,12,14H,5-7H2,(H,11,13);1-4,10H,5-6,9H2;2H2,1H3. The number of nitrogens with two attached hydrogens (primary N) is 1. The highest BCUT2D eigenvalue weighted by atomic mass is 35.5. The number of esters is 1. The Labute approximate surface area is 350 Å². The van der Waals surface area contributed by atoms with Gasteiger partial charge in [0.05, 0.1) is 29.6 Å². The molecule has 0 fully saturated rings. The molecule has 0 aliphatic carbocycles. The summed E-state index contributed by atoms with van der Waals surface area (Å²) in [6.07, 6.45) is 1.89. The number of rotatable bonds is 16. The van der Waals surface area contributed by atoms with E-state index in [1.165, 1.54) is 20.8 Å². The first-order valence-electron chi connectivity index (χ1n) is 16.8. The van der Waals surface area contributed by atoms with Crippen molar-refractivity contribution >= 4 is 115 Å². The molecule has 0 bridgehead atoms. The Morgan fingerprint density at radius 1 is 0.625 bits per heavy atom. The Morgan fingerprint density at radius 3 is 1.41 bits per heavy atom. The molecule has 306 valence electrons. The molecule has 0 radical (unpaired) electrons. The molecule has 0 spiro atoms. The van der Waals surface area contributed by atoms with E-state index < -0.39 is 11.2 Å². The van der Waals surface area contributed by atoms with Crippen molar-refractivity contribution in [3.05, 3.63) is 89.5 Å². The quantitative estimate of drug-likeness (QED) is 0.0473. The van der Waals surface area contributed by atoms with Gasteiger partial charge in [0.25, 0.3) is 0 Å². The van der Waals surface area contributed by atoms with E-state index in [4.69, 9.17) is 32.3 Å². The number of carbonyl (C=O) groups excluding carboxylic acids is 7. The van der Waals surface area contributed by atoms with E-state index in [1.807, 2.05) is 60.7 Å². The number of ether oxygens (including phenoxy) is 1. The third kappa shape index (κ3) is 30.4. The number of aliphatic hydroxyl groups is 2. The summed E-state index contributed by atoms with van der Waals surface area (Å²) in [5.41, 5.74) is 10.8. The van der Waals surface area contributed by atoms with Crippen molar-refractivity contribution in [3.63, 3.8) is 0 Å². The van der Waals surface area contributed by atoms with Gasteiger partial charge in [0, 0.05) is 57.5 Å². The molecule has 0 aliphatic heterocycles. The highest BCUT2D eigenvalue weighted by molar-refractivity contribution is 8.14. The molecule has 18 heteroatoms. The van der Waals surface area contributed by atoms with Gasteiger partial charge in [-0.2, -0.15) is 12.6 Å².